The number of rotatable bonds is 2. The highest BCUT2D eigenvalue weighted by molar-refractivity contribution is 5.85. The Bertz CT molecular complexity index is 1160. The van der Waals surface area contributed by atoms with Gasteiger partial charge in [-0.15, -0.1) is 0 Å². The maximum absolute atomic E-state index is 11.2. The molecule has 2 N–H and O–H groups in total. The average Bonchev–Trinajstić information content (AvgIpc) is 3.10. The van der Waals surface area contributed by atoms with Gasteiger partial charge in [0.1, 0.15) is 0 Å². The monoisotopic (exact) mass is 402 g/mol. The summed E-state index contributed by atoms with van der Waals surface area (Å²) in [6.45, 7) is 8.61. The summed E-state index contributed by atoms with van der Waals surface area (Å²) in [5.41, 5.74) is 6.83. The van der Waals surface area contributed by atoms with E-state index in [1.165, 1.54) is 22.2 Å². The topological polar surface area (TPSA) is 48.6 Å². The van der Waals surface area contributed by atoms with Crippen LogP contribution in [0.1, 0.15) is 36.7 Å². The highest BCUT2D eigenvalue weighted by atomic mass is 16.3. The van der Waals surface area contributed by atoms with Crippen LogP contribution in [-0.2, 0) is 5.41 Å². The van der Waals surface area contributed by atoms with Gasteiger partial charge in [-0.2, -0.15) is 0 Å². The van der Waals surface area contributed by atoms with E-state index in [9.17, 15) is 10.2 Å². The van der Waals surface area contributed by atoms with Crippen molar-refractivity contribution in [1.82, 2.24) is 4.57 Å². The van der Waals surface area contributed by atoms with E-state index in [-0.39, 0.29) is 17.4 Å². The van der Waals surface area contributed by atoms with Gasteiger partial charge in [0.15, 0.2) is 0 Å². The highest BCUT2D eigenvalue weighted by Gasteiger charge is 2.51. The molecule has 5 rings (SSSR count). The number of aliphatic hydroxyl groups is 2. The summed E-state index contributed by atoms with van der Waals surface area (Å²) in [5.74, 6) is -0.290. The van der Waals surface area contributed by atoms with Crippen molar-refractivity contribution >= 4 is 16.6 Å². The van der Waals surface area contributed by atoms with Crippen molar-refractivity contribution in [3.8, 4) is 0 Å². The lowest BCUT2D eigenvalue weighted by Gasteiger charge is -2.47. The van der Waals surface area contributed by atoms with Crippen LogP contribution in [0.2, 0.25) is 0 Å². The van der Waals surface area contributed by atoms with Gasteiger partial charge in [0, 0.05) is 46.4 Å². The van der Waals surface area contributed by atoms with Crippen molar-refractivity contribution in [3.63, 3.8) is 0 Å². The second-order valence-corrected chi connectivity index (χ2v) is 9.40. The second-order valence-electron chi connectivity index (χ2n) is 9.40. The summed E-state index contributed by atoms with van der Waals surface area (Å²) in [7, 11) is 2.07. The summed E-state index contributed by atoms with van der Waals surface area (Å²) in [6, 6.07) is 16.3. The van der Waals surface area contributed by atoms with Crippen molar-refractivity contribution < 1.29 is 10.2 Å². The van der Waals surface area contributed by atoms with E-state index in [1.807, 2.05) is 12.1 Å². The summed E-state index contributed by atoms with van der Waals surface area (Å²) < 4.78 is 2.13. The molecular weight excluding hydrogens is 372 g/mol. The molecule has 2 heterocycles. The molecular formula is C26H30N2O2. The summed E-state index contributed by atoms with van der Waals surface area (Å²) >= 11 is 0. The van der Waals surface area contributed by atoms with Crippen LogP contribution < -0.4 is 4.90 Å². The number of para-hydroxylation sites is 2. The van der Waals surface area contributed by atoms with Crippen LogP contribution in [0.25, 0.3) is 10.9 Å². The number of allylic oxidation sites excluding steroid dienone is 1. The van der Waals surface area contributed by atoms with Crippen molar-refractivity contribution in [2.45, 2.75) is 51.4 Å². The van der Waals surface area contributed by atoms with E-state index >= 15 is 0 Å². The normalized spacial score (nSPS) is 28.8. The molecule has 1 aromatic heterocycles. The molecule has 2 unspecified atom stereocenters. The van der Waals surface area contributed by atoms with Crippen LogP contribution >= 0.6 is 0 Å². The van der Waals surface area contributed by atoms with Gasteiger partial charge in [-0.1, -0.05) is 56.3 Å². The Morgan fingerprint density at radius 1 is 0.933 bits per heavy atom. The largest absolute Gasteiger partial charge is 0.390 e. The van der Waals surface area contributed by atoms with Gasteiger partial charge in [-0.05, 0) is 37.1 Å². The molecule has 1 aliphatic heterocycles. The van der Waals surface area contributed by atoms with Gasteiger partial charge in [0.05, 0.1) is 18.2 Å². The Morgan fingerprint density at radius 3 is 2.27 bits per heavy atom. The molecule has 0 amide bonds. The maximum Gasteiger partial charge on any atom is 0.0870 e. The number of benzene rings is 2. The van der Waals surface area contributed by atoms with Gasteiger partial charge < -0.3 is 19.7 Å². The predicted octanol–water partition coefficient (Wildman–Crippen LogP) is 4.46. The van der Waals surface area contributed by atoms with E-state index in [0.29, 0.717) is 0 Å². The molecule has 4 heteroatoms. The lowest BCUT2D eigenvalue weighted by molar-refractivity contribution is -0.121. The van der Waals surface area contributed by atoms with Crippen LogP contribution in [0.15, 0.2) is 60.3 Å². The van der Waals surface area contributed by atoms with Crippen LogP contribution in [0.4, 0.5) is 5.69 Å². The molecule has 30 heavy (non-hydrogen) atoms. The van der Waals surface area contributed by atoms with Crippen LogP contribution in [-0.4, -0.2) is 34.0 Å². The Kier molecular flexibility index (Phi) is 4.18. The average molecular weight is 403 g/mol. The molecule has 2 aliphatic rings. The molecule has 0 saturated heterocycles. The van der Waals surface area contributed by atoms with E-state index in [2.05, 4.69) is 86.7 Å². The third-order valence-corrected chi connectivity index (χ3v) is 7.55. The van der Waals surface area contributed by atoms with Crippen LogP contribution in [0.5, 0.6) is 0 Å². The molecule has 3 aromatic rings. The first-order valence-corrected chi connectivity index (χ1v) is 10.7. The molecule has 156 valence electrons. The van der Waals surface area contributed by atoms with Gasteiger partial charge >= 0.3 is 0 Å². The third-order valence-electron chi connectivity index (χ3n) is 7.55. The van der Waals surface area contributed by atoms with Gasteiger partial charge in [0.2, 0.25) is 0 Å². The molecule has 4 nitrogen and oxygen atoms in total. The first-order valence-electron chi connectivity index (χ1n) is 10.7. The smallest absolute Gasteiger partial charge is 0.0870 e. The zero-order valence-electron chi connectivity index (χ0n) is 18.3. The number of aliphatic hydroxyl groups excluding tert-OH is 2. The van der Waals surface area contributed by atoms with Gasteiger partial charge in [0.25, 0.3) is 0 Å². The quantitative estimate of drug-likeness (QED) is 0.665. The number of fused-ring (bicyclic) bond motifs is 2. The minimum Gasteiger partial charge on any atom is -0.390 e. The Labute approximate surface area is 178 Å². The fourth-order valence-electron chi connectivity index (χ4n) is 5.64. The minimum absolute atomic E-state index is 0.164. The molecule has 2 aromatic carbocycles. The van der Waals surface area contributed by atoms with Crippen LogP contribution in [0, 0.1) is 19.8 Å². The maximum atomic E-state index is 11.2. The number of aryl methyl sites for hydroxylation is 1. The fourth-order valence-corrected chi connectivity index (χ4v) is 5.64. The molecule has 1 aliphatic carbocycles. The standard InChI is InChI=1S/C26H30N2O2/c1-15-16(2)28(20-12-8-6-10-17(15)20)23-24(29)18(25(23)30)14-22-26(3,4)19-11-7-9-13-21(19)27(22)5/h6-14,18,23-25,29-30H,1-5H3. The van der Waals surface area contributed by atoms with Crippen molar-refractivity contribution in [2.24, 2.45) is 5.92 Å². The Balaban J connectivity index is 1.52. The number of hydrogen-bond acceptors (Lipinski definition) is 3. The number of nitrogens with zero attached hydrogens (tertiary/aromatic N) is 2. The molecule has 1 fully saturated rings. The number of anilines is 1. The zero-order chi connectivity index (χ0) is 21.4. The molecule has 2 atom stereocenters. The van der Waals surface area contributed by atoms with Crippen molar-refractivity contribution in [2.75, 3.05) is 11.9 Å². The fraction of sp³-hybridized carbons (Fsp3) is 0.385. The minimum atomic E-state index is -0.630. The van der Waals surface area contributed by atoms with E-state index in [0.717, 1.165) is 16.9 Å². The van der Waals surface area contributed by atoms with Crippen molar-refractivity contribution in [3.05, 3.63) is 77.1 Å². The van der Waals surface area contributed by atoms with Crippen LogP contribution in [0.3, 0.4) is 0 Å². The third kappa shape index (κ3) is 2.41. The lowest BCUT2D eigenvalue weighted by Crippen LogP contribution is -2.55. The van der Waals surface area contributed by atoms with E-state index < -0.39 is 12.2 Å². The SMILES string of the molecule is Cc1c(C)n(C2C(O)C(C=C3N(C)c4ccccc4C3(C)C)C2O)c2ccccc12. The molecule has 1 saturated carbocycles. The number of hydrogen-bond donors (Lipinski definition) is 2. The molecule has 0 radical (unpaired) electrons. The first kappa shape index (κ1) is 19.4. The summed E-state index contributed by atoms with van der Waals surface area (Å²) in [5, 5.41) is 23.5. The Morgan fingerprint density at radius 2 is 1.57 bits per heavy atom. The van der Waals surface area contributed by atoms with Crippen molar-refractivity contribution in [1.29, 1.82) is 0 Å². The second kappa shape index (κ2) is 6.47. The first-order chi connectivity index (χ1) is 14.2. The molecule has 0 spiro atoms. The molecule has 0 bridgehead atoms. The van der Waals surface area contributed by atoms with Gasteiger partial charge in [-0.25, -0.2) is 0 Å². The number of likely N-dealkylation sites (N-methyl/N-ethyl adjacent to an activating group) is 1. The lowest BCUT2D eigenvalue weighted by atomic mass is 9.71. The van der Waals surface area contributed by atoms with Gasteiger partial charge in [-0.3, -0.25) is 0 Å². The number of aromatic nitrogens is 1. The van der Waals surface area contributed by atoms with E-state index in [1.54, 1.807) is 0 Å². The highest BCUT2D eigenvalue weighted by Crippen LogP contribution is 2.50. The predicted molar refractivity (Wildman–Crippen MR) is 122 cm³/mol. The zero-order valence-corrected chi connectivity index (χ0v) is 18.3. The Hall–Kier alpha value is -2.56. The summed E-state index contributed by atoms with van der Waals surface area (Å²) in [6.07, 6.45) is 0.836. The summed E-state index contributed by atoms with van der Waals surface area (Å²) in [4.78, 5) is 2.20. The van der Waals surface area contributed by atoms with E-state index in [4.69, 9.17) is 0 Å².